The van der Waals surface area contributed by atoms with E-state index >= 15 is 0 Å². The van der Waals surface area contributed by atoms with Crippen LogP contribution in [0.3, 0.4) is 0 Å². The molecule has 2 aromatic carbocycles. The first kappa shape index (κ1) is 15.2. The summed E-state index contributed by atoms with van der Waals surface area (Å²) < 4.78 is 5.54. The minimum atomic E-state index is 0.530. The van der Waals surface area contributed by atoms with Gasteiger partial charge >= 0.3 is 0 Å². The number of aromatic nitrogens is 1. The van der Waals surface area contributed by atoms with Crippen molar-refractivity contribution in [1.29, 1.82) is 0 Å². The van der Waals surface area contributed by atoms with Gasteiger partial charge in [0.05, 0.1) is 0 Å². The predicted octanol–water partition coefficient (Wildman–Crippen LogP) is 4.21. The highest BCUT2D eigenvalue weighted by Crippen LogP contribution is 2.22. The Bertz CT molecular complexity index is 804. The van der Waals surface area contributed by atoms with Gasteiger partial charge in [-0.05, 0) is 36.6 Å². The number of piperidine rings is 1. The van der Waals surface area contributed by atoms with E-state index in [9.17, 15) is 0 Å². The lowest BCUT2D eigenvalue weighted by Gasteiger charge is -2.32. The van der Waals surface area contributed by atoms with Crippen LogP contribution >= 0.6 is 0 Å². The molecule has 124 valence electrons. The van der Waals surface area contributed by atoms with Gasteiger partial charge in [-0.1, -0.05) is 30.3 Å². The largest absolute Gasteiger partial charge is 0.441 e. The minimum absolute atomic E-state index is 0.530. The van der Waals surface area contributed by atoms with E-state index < -0.39 is 0 Å². The van der Waals surface area contributed by atoms with Crippen LogP contribution in [-0.4, -0.2) is 29.0 Å². The molecule has 2 heterocycles. The van der Waals surface area contributed by atoms with E-state index in [1.807, 2.05) is 13.0 Å². The molecule has 1 saturated heterocycles. The summed E-state index contributed by atoms with van der Waals surface area (Å²) in [6, 6.07) is 17.4. The summed E-state index contributed by atoms with van der Waals surface area (Å²) in [6.45, 7) is 5.21. The van der Waals surface area contributed by atoms with E-state index in [2.05, 4.69) is 57.7 Å². The standard InChI is InChI=1S/C20H23N3O/c1-15-21-19-13-18(7-8-20(19)24-15)22-17-9-11-23(12-10-17)14-16-5-3-2-4-6-16/h2-8,13,17,22H,9-12,14H2,1H3. The summed E-state index contributed by atoms with van der Waals surface area (Å²) in [7, 11) is 0. The Labute approximate surface area is 142 Å². The van der Waals surface area contributed by atoms with E-state index in [0.717, 1.165) is 42.3 Å². The van der Waals surface area contributed by atoms with Crippen molar-refractivity contribution in [2.75, 3.05) is 18.4 Å². The predicted molar refractivity (Wildman–Crippen MR) is 97.1 cm³/mol. The maximum atomic E-state index is 5.54. The molecule has 24 heavy (non-hydrogen) atoms. The zero-order valence-corrected chi connectivity index (χ0v) is 14.0. The SMILES string of the molecule is Cc1nc2cc(NC3CCN(Cc4ccccc4)CC3)ccc2o1. The first-order chi connectivity index (χ1) is 11.8. The maximum Gasteiger partial charge on any atom is 0.192 e. The Morgan fingerprint density at radius 1 is 1.12 bits per heavy atom. The molecule has 3 aromatic rings. The quantitative estimate of drug-likeness (QED) is 0.781. The number of hydrogen-bond acceptors (Lipinski definition) is 4. The molecule has 4 heteroatoms. The number of rotatable bonds is 4. The van der Waals surface area contributed by atoms with Crippen LogP contribution in [0.2, 0.25) is 0 Å². The number of oxazole rings is 1. The molecular weight excluding hydrogens is 298 g/mol. The van der Waals surface area contributed by atoms with Crippen LogP contribution < -0.4 is 5.32 Å². The zero-order valence-electron chi connectivity index (χ0n) is 14.0. The molecule has 0 radical (unpaired) electrons. The van der Waals surface area contributed by atoms with Gasteiger partial charge < -0.3 is 9.73 Å². The van der Waals surface area contributed by atoms with E-state index in [1.165, 1.54) is 18.4 Å². The van der Waals surface area contributed by atoms with Crippen LogP contribution in [0.5, 0.6) is 0 Å². The molecule has 0 unspecified atom stereocenters. The van der Waals surface area contributed by atoms with Gasteiger partial charge in [-0.25, -0.2) is 4.98 Å². The van der Waals surface area contributed by atoms with Gasteiger partial charge in [0.25, 0.3) is 0 Å². The minimum Gasteiger partial charge on any atom is -0.441 e. The van der Waals surface area contributed by atoms with Gasteiger partial charge in [-0.15, -0.1) is 0 Å². The Balaban J connectivity index is 1.33. The molecule has 1 fully saturated rings. The number of anilines is 1. The summed E-state index contributed by atoms with van der Waals surface area (Å²) in [5.41, 5.74) is 4.32. The fourth-order valence-electron chi connectivity index (χ4n) is 3.45. The normalized spacial score (nSPS) is 16.5. The fourth-order valence-corrected chi connectivity index (χ4v) is 3.45. The van der Waals surface area contributed by atoms with Gasteiger partial charge in [0, 0.05) is 38.3 Å². The molecule has 0 bridgehead atoms. The molecule has 0 aliphatic carbocycles. The average Bonchev–Trinajstić information content (AvgIpc) is 2.97. The van der Waals surface area contributed by atoms with Crippen LogP contribution in [0.25, 0.3) is 11.1 Å². The number of likely N-dealkylation sites (tertiary alicyclic amines) is 1. The highest BCUT2D eigenvalue weighted by Gasteiger charge is 2.19. The summed E-state index contributed by atoms with van der Waals surface area (Å²) >= 11 is 0. The number of nitrogens with one attached hydrogen (secondary N) is 1. The van der Waals surface area contributed by atoms with Crippen molar-refractivity contribution in [2.45, 2.75) is 32.4 Å². The molecule has 1 aliphatic rings. The van der Waals surface area contributed by atoms with Crippen molar-refractivity contribution < 1.29 is 4.42 Å². The van der Waals surface area contributed by atoms with Crippen molar-refractivity contribution in [2.24, 2.45) is 0 Å². The molecule has 1 aliphatic heterocycles. The molecule has 0 saturated carbocycles. The molecule has 0 spiro atoms. The third-order valence-electron chi connectivity index (χ3n) is 4.70. The third-order valence-corrected chi connectivity index (χ3v) is 4.70. The number of hydrogen-bond donors (Lipinski definition) is 1. The van der Waals surface area contributed by atoms with Crippen LogP contribution in [0.15, 0.2) is 52.9 Å². The molecule has 1 aromatic heterocycles. The molecule has 1 N–H and O–H groups in total. The average molecular weight is 321 g/mol. The van der Waals surface area contributed by atoms with E-state index in [4.69, 9.17) is 4.42 Å². The van der Waals surface area contributed by atoms with Crippen LogP contribution in [0.1, 0.15) is 24.3 Å². The van der Waals surface area contributed by atoms with Crippen molar-refractivity contribution in [3.63, 3.8) is 0 Å². The lowest BCUT2D eigenvalue weighted by molar-refractivity contribution is 0.211. The van der Waals surface area contributed by atoms with E-state index in [1.54, 1.807) is 0 Å². The topological polar surface area (TPSA) is 41.3 Å². The van der Waals surface area contributed by atoms with Crippen molar-refractivity contribution in [3.8, 4) is 0 Å². The monoisotopic (exact) mass is 321 g/mol. The lowest BCUT2D eigenvalue weighted by Crippen LogP contribution is -2.38. The highest BCUT2D eigenvalue weighted by atomic mass is 16.3. The fraction of sp³-hybridized carbons (Fsp3) is 0.350. The van der Waals surface area contributed by atoms with Crippen molar-refractivity contribution in [3.05, 3.63) is 60.0 Å². The van der Waals surface area contributed by atoms with E-state index in [0.29, 0.717) is 6.04 Å². The summed E-state index contributed by atoms with van der Waals surface area (Å²) in [4.78, 5) is 6.95. The molecular formula is C20H23N3O. The first-order valence-corrected chi connectivity index (χ1v) is 8.66. The smallest absolute Gasteiger partial charge is 0.192 e. The molecule has 0 atom stereocenters. The highest BCUT2D eigenvalue weighted by molar-refractivity contribution is 5.77. The zero-order chi connectivity index (χ0) is 16.4. The van der Waals surface area contributed by atoms with Crippen LogP contribution in [-0.2, 0) is 6.54 Å². The molecule has 4 rings (SSSR count). The van der Waals surface area contributed by atoms with Gasteiger partial charge in [0.1, 0.15) is 5.52 Å². The Morgan fingerprint density at radius 3 is 2.71 bits per heavy atom. The number of benzene rings is 2. The third kappa shape index (κ3) is 3.44. The summed E-state index contributed by atoms with van der Waals surface area (Å²) in [5, 5.41) is 3.66. The summed E-state index contributed by atoms with van der Waals surface area (Å²) in [6.07, 6.45) is 2.34. The van der Waals surface area contributed by atoms with Crippen molar-refractivity contribution >= 4 is 16.8 Å². The molecule has 0 amide bonds. The second-order valence-corrected chi connectivity index (χ2v) is 6.60. The Hall–Kier alpha value is -2.33. The number of fused-ring (bicyclic) bond motifs is 1. The first-order valence-electron chi connectivity index (χ1n) is 8.66. The number of nitrogens with zero attached hydrogens (tertiary/aromatic N) is 2. The number of aryl methyl sites for hydroxylation is 1. The Kier molecular flexibility index (Phi) is 4.22. The van der Waals surface area contributed by atoms with Gasteiger partial charge in [-0.2, -0.15) is 0 Å². The second kappa shape index (κ2) is 6.65. The summed E-state index contributed by atoms with van der Waals surface area (Å²) in [5.74, 6) is 0.719. The Morgan fingerprint density at radius 2 is 1.92 bits per heavy atom. The lowest BCUT2D eigenvalue weighted by atomic mass is 10.0. The van der Waals surface area contributed by atoms with Gasteiger partial charge in [-0.3, -0.25) is 4.90 Å². The second-order valence-electron chi connectivity index (χ2n) is 6.60. The van der Waals surface area contributed by atoms with Crippen LogP contribution in [0.4, 0.5) is 5.69 Å². The van der Waals surface area contributed by atoms with E-state index in [-0.39, 0.29) is 0 Å². The van der Waals surface area contributed by atoms with Crippen LogP contribution in [0, 0.1) is 6.92 Å². The van der Waals surface area contributed by atoms with Crippen molar-refractivity contribution in [1.82, 2.24) is 9.88 Å². The van der Waals surface area contributed by atoms with Gasteiger partial charge in [0.15, 0.2) is 11.5 Å². The maximum absolute atomic E-state index is 5.54. The molecule has 4 nitrogen and oxygen atoms in total. The van der Waals surface area contributed by atoms with Gasteiger partial charge in [0.2, 0.25) is 0 Å².